The Labute approximate surface area is 121 Å². The van der Waals surface area contributed by atoms with Gasteiger partial charge in [-0.2, -0.15) is 9.97 Å². The lowest BCUT2D eigenvalue weighted by molar-refractivity contribution is 0.117. The summed E-state index contributed by atoms with van der Waals surface area (Å²) in [6.07, 6.45) is 0. The van der Waals surface area contributed by atoms with Gasteiger partial charge < -0.3 is 16.2 Å². The Balaban J connectivity index is 2.18. The normalized spacial score (nSPS) is 19.4. The number of nitrogen functional groups attached to an aromatic ring is 2. The van der Waals surface area contributed by atoms with Crippen molar-refractivity contribution < 1.29 is 4.74 Å². The van der Waals surface area contributed by atoms with Crippen molar-refractivity contribution in [2.45, 2.75) is 25.4 Å². The van der Waals surface area contributed by atoms with E-state index in [1.54, 1.807) is 0 Å². The fourth-order valence-corrected chi connectivity index (χ4v) is 2.84. The molecule has 1 aromatic carbocycles. The molecule has 1 atom stereocenters. The smallest absolute Gasteiger partial charge is 0.225 e. The Kier molecular flexibility index (Phi) is 2.76. The minimum Gasteiger partial charge on any atom is -0.470 e. The Bertz CT molecular complexity index is 670. The number of anilines is 2. The van der Waals surface area contributed by atoms with E-state index in [2.05, 4.69) is 9.97 Å². The first kappa shape index (κ1) is 13.0. The summed E-state index contributed by atoms with van der Waals surface area (Å²) in [5.74, 6) is 0.877. The van der Waals surface area contributed by atoms with E-state index in [0.29, 0.717) is 16.7 Å². The number of nitrogens with two attached hydrogens (primary N) is 2. The van der Waals surface area contributed by atoms with Gasteiger partial charge in [-0.25, -0.2) is 0 Å². The van der Waals surface area contributed by atoms with Crippen LogP contribution in [0.1, 0.15) is 30.9 Å². The highest BCUT2D eigenvalue weighted by Gasteiger charge is 2.45. The van der Waals surface area contributed by atoms with Crippen molar-refractivity contribution in [2.75, 3.05) is 11.5 Å². The average Bonchev–Trinajstić information content (AvgIpc) is 2.61. The zero-order valence-electron chi connectivity index (χ0n) is 11.2. The second kappa shape index (κ2) is 4.24. The van der Waals surface area contributed by atoms with Crippen LogP contribution in [0.5, 0.6) is 5.88 Å². The summed E-state index contributed by atoms with van der Waals surface area (Å²) >= 11 is 5.94. The van der Waals surface area contributed by atoms with Gasteiger partial charge in [0.1, 0.15) is 11.4 Å². The molecule has 0 bridgehead atoms. The predicted molar refractivity (Wildman–Crippen MR) is 78.9 cm³/mol. The molecule has 4 N–H and O–H groups in total. The summed E-state index contributed by atoms with van der Waals surface area (Å²) < 4.78 is 5.91. The van der Waals surface area contributed by atoms with Crippen molar-refractivity contribution in [3.63, 3.8) is 0 Å². The maximum atomic E-state index is 6.01. The van der Waals surface area contributed by atoms with Gasteiger partial charge in [-0.3, -0.25) is 0 Å². The van der Waals surface area contributed by atoms with Crippen molar-refractivity contribution in [2.24, 2.45) is 0 Å². The molecule has 0 aliphatic carbocycles. The van der Waals surface area contributed by atoms with Gasteiger partial charge in [0, 0.05) is 5.02 Å². The number of hydrogen-bond donors (Lipinski definition) is 2. The number of ether oxygens (including phenoxy) is 1. The highest BCUT2D eigenvalue weighted by Crippen LogP contribution is 2.49. The van der Waals surface area contributed by atoms with Gasteiger partial charge >= 0.3 is 0 Å². The number of aromatic nitrogens is 2. The lowest BCUT2D eigenvalue weighted by Crippen LogP contribution is -2.31. The van der Waals surface area contributed by atoms with Crippen molar-refractivity contribution >= 4 is 23.4 Å². The van der Waals surface area contributed by atoms with E-state index in [9.17, 15) is 0 Å². The number of hydrogen-bond acceptors (Lipinski definition) is 5. The van der Waals surface area contributed by atoms with E-state index in [-0.39, 0.29) is 11.9 Å². The number of fused-ring (bicyclic) bond motifs is 1. The van der Waals surface area contributed by atoms with Crippen LogP contribution in [0.3, 0.4) is 0 Å². The number of rotatable bonds is 1. The molecule has 0 fully saturated rings. The lowest BCUT2D eigenvalue weighted by Gasteiger charge is -2.26. The molecular weight excluding hydrogens is 276 g/mol. The molecule has 104 valence electrons. The molecule has 1 aliphatic heterocycles. The van der Waals surface area contributed by atoms with Gasteiger partial charge in [0.15, 0.2) is 0 Å². The fourth-order valence-electron chi connectivity index (χ4n) is 2.71. The van der Waals surface area contributed by atoms with Crippen LogP contribution in [0.4, 0.5) is 11.8 Å². The summed E-state index contributed by atoms with van der Waals surface area (Å²) in [7, 11) is 0. The molecule has 1 aliphatic rings. The van der Waals surface area contributed by atoms with Crippen molar-refractivity contribution in [1.82, 2.24) is 9.97 Å². The van der Waals surface area contributed by atoms with Crippen molar-refractivity contribution in [3.8, 4) is 5.88 Å². The molecule has 6 heteroatoms. The average molecular weight is 291 g/mol. The zero-order valence-corrected chi connectivity index (χ0v) is 12.0. The van der Waals surface area contributed by atoms with E-state index in [1.807, 2.05) is 38.1 Å². The minimum atomic E-state index is -0.479. The van der Waals surface area contributed by atoms with E-state index in [0.717, 1.165) is 11.1 Å². The van der Waals surface area contributed by atoms with E-state index in [1.165, 1.54) is 0 Å². The van der Waals surface area contributed by atoms with Crippen LogP contribution in [0.15, 0.2) is 24.3 Å². The Morgan fingerprint density at radius 1 is 1.15 bits per heavy atom. The highest BCUT2D eigenvalue weighted by atomic mass is 35.5. The van der Waals surface area contributed by atoms with Gasteiger partial charge in [-0.15, -0.1) is 0 Å². The van der Waals surface area contributed by atoms with Crippen molar-refractivity contribution in [1.29, 1.82) is 0 Å². The van der Waals surface area contributed by atoms with Crippen LogP contribution in [0.25, 0.3) is 0 Å². The molecule has 1 unspecified atom stereocenters. The number of halogens is 1. The molecule has 0 spiro atoms. The molecule has 0 saturated carbocycles. The van der Waals surface area contributed by atoms with Crippen LogP contribution in [-0.2, 0) is 0 Å². The van der Waals surface area contributed by atoms with Gasteiger partial charge in [0.25, 0.3) is 0 Å². The first-order valence-electron chi connectivity index (χ1n) is 6.26. The monoisotopic (exact) mass is 290 g/mol. The third-order valence-electron chi connectivity index (χ3n) is 3.50. The van der Waals surface area contributed by atoms with Gasteiger partial charge in [0.2, 0.25) is 11.8 Å². The topological polar surface area (TPSA) is 87.0 Å². The quantitative estimate of drug-likeness (QED) is 0.843. The van der Waals surface area contributed by atoms with Crippen LogP contribution in [-0.4, -0.2) is 15.6 Å². The molecule has 2 aromatic rings. The summed E-state index contributed by atoms with van der Waals surface area (Å²) in [6, 6.07) is 7.62. The Hall–Kier alpha value is -2.01. The van der Waals surface area contributed by atoms with E-state index < -0.39 is 5.60 Å². The third kappa shape index (κ3) is 1.94. The number of nitrogens with zero attached hydrogens (tertiary/aromatic N) is 2. The summed E-state index contributed by atoms with van der Waals surface area (Å²) in [5, 5.41) is 0.687. The second-order valence-corrected chi connectivity index (χ2v) is 5.81. The van der Waals surface area contributed by atoms with Gasteiger partial charge in [0.05, 0.1) is 11.5 Å². The summed E-state index contributed by atoms with van der Waals surface area (Å²) in [6.45, 7) is 3.98. The molecule has 2 heterocycles. The molecule has 20 heavy (non-hydrogen) atoms. The Morgan fingerprint density at radius 2 is 1.80 bits per heavy atom. The SMILES string of the molecule is CC1(C)Oc2nc(N)nc(N)c2C1c1ccc(Cl)cc1. The first-order valence-corrected chi connectivity index (χ1v) is 6.63. The zero-order chi connectivity index (χ0) is 14.5. The largest absolute Gasteiger partial charge is 0.470 e. The van der Waals surface area contributed by atoms with E-state index >= 15 is 0 Å². The highest BCUT2D eigenvalue weighted by molar-refractivity contribution is 6.30. The van der Waals surface area contributed by atoms with Crippen LogP contribution in [0, 0.1) is 0 Å². The second-order valence-electron chi connectivity index (χ2n) is 5.38. The molecule has 3 rings (SSSR count). The van der Waals surface area contributed by atoms with Gasteiger partial charge in [-0.1, -0.05) is 23.7 Å². The predicted octanol–water partition coefficient (Wildman–Crippen LogP) is 2.60. The van der Waals surface area contributed by atoms with E-state index in [4.69, 9.17) is 27.8 Å². The Morgan fingerprint density at radius 3 is 2.45 bits per heavy atom. The molecule has 0 amide bonds. The fraction of sp³-hybridized carbons (Fsp3) is 0.286. The van der Waals surface area contributed by atoms with Crippen LogP contribution >= 0.6 is 11.6 Å². The molecule has 0 radical (unpaired) electrons. The lowest BCUT2D eigenvalue weighted by atomic mass is 9.82. The van der Waals surface area contributed by atoms with Gasteiger partial charge in [-0.05, 0) is 31.5 Å². The maximum absolute atomic E-state index is 6.01. The maximum Gasteiger partial charge on any atom is 0.225 e. The minimum absolute atomic E-state index is 0.0598. The summed E-state index contributed by atoms with van der Waals surface area (Å²) in [5.41, 5.74) is 13.0. The first-order chi connectivity index (χ1) is 9.38. The third-order valence-corrected chi connectivity index (χ3v) is 3.76. The molecular formula is C14H15ClN4O. The molecule has 0 saturated heterocycles. The van der Waals surface area contributed by atoms with Crippen LogP contribution < -0.4 is 16.2 Å². The number of benzene rings is 1. The molecule has 5 nitrogen and oxygen atoms in total. The van der Waals surface area contributed by atoms with Crippen LogP contribution in [0.2, 0.25) is 5.02 Å². The molecule has 1 aromatic heterocycles. The standard InChI is InChI=1S/C14H15ClN4O/c1-14(2)10(7-3-5-8(15)6-4-7)9-11(16)18-13(17)19-12(9)20-14/h3-6,10H,1-2H3,(H4,16,17,18,19). The summed E-state index contributed by atoms with van der Waals surface area (Å²) in [4.78, 5) is 8.18. The van der Waals surface area contributed by atoms with Crippen molar-refractivity contribution in [3.05, 3.63) is 40.4 Å².